The molecule has 0 spiro atoms. The molecule has 0 atom stereocenters. The lowest BCUT2D eigenvalue weighted by Gasteiger charge is -2.15. The predicted octanol–water partition coefficient (Wildman–Crippen LogP) is 5.07. The monoisotopic (exact) mass is 793 g/mol. The number of azo groups is 1. The van der Waals surface area contributed by atoms with Gasteiger partial charge in [0.2, 0.25) is 11.2 Å². The highest BCUT2D eigenvalue weighted by Crippen LogP contribution is 2.47. The van der Waals surface area contributed by atoms with E-state index in [4.69, 9.17) is 36.3 Å². The van der Waals surface area contributed by atoms with Crippen molar-refractivity contribution in [2.24, 2.45) is 10.2 Å². The number of aromatic hydroxyl groups is 1. The highest BCUT2D eigenvalue weighted by Gasteiger charge is 2.26. The number of ether oxygens (including phenoxy) is 1. The smallest absolute Gasteiger partial charge is 0.297 e. The number of benzene rings is 3. The van der Waals surface area contributed by atoms with Crippen LogP contribution in [0.2, 0.25) is 5.28 Å². The van der Waals surface area contributed by atoms with Crippen molar-refractivity contribution in [3.8, 4) is 17.6 Å². The second kappa shape index (κ2) is 17.3. The van der Waals surface area contributed by atoms with Crippen molar-refractivity contribution in [3.05, 3.63) is 47.5 Å². The van der Waals surface area contributed by atoms with Gasteiger partial charge in [-0.25, -0.2) is 23.9 Å². The zero-order valence-corrected chi connectivity index (χ0v) is 28.7. The molecular weight excluding hydrogens is 774 g/mol. The molecule has 0 unspecified atom stereocenters. The van der Waals surface area contributed by atoms with E-state index in [0.717, 1.165) is 18.2 Å². The van der Waals surface area contributed by atoms with Crippen LogP contribution in [-0.4, -0.2) is 71.4 Å². The topological polar surface area (TPSA) is 304 Å². The third kappa shape index (κ3) is 9.61. The van der Waals surface area contributed by atoms with E-state index in [0.29, 0.717) is 0 Å². The van der Waals surface area contributed by atoms with Crippen molar-refractivity contribution in [3.63, 3.8) is 0 Å². The van der Waals surface area contributed by atoms with Gasteiger partial charge in [0, 0.05) is 10.8 Å². The van der Waals surface area contributed by atoms with Gasteiger partial charge in [-0.2, -0.15) is 23.6 Å². The molecule has 21 nitrogen and oxygen atoms in total. The van der Waals surface area contributed by atoms with E-state index in [1.54, 1.807) is 0 Å². The number of nitrogens with one attached hydrogen (secondary N) is 1. The summed E-state index contributed by atoms with van der Waals surface area (Å²) in [6.45, 7) is -0.369. The lowest BCUT2D eigenvalue weighted by atomic mass is 10.1. The van der Waals surface area contributed by atoms with Gasteiger partial charge in [-0.3, -0.25) is 8.74 Å². The number of hydrogen-bond donors (Lipinski definition) is 5. The molecule has 266 valence electrons. The second-order valence-corrected chi connectivity index (χ2v) is 14.1. The summed E-state index contributed by atoms with van der Waals surface area (Å²) in [7, 11) is -7.80. The van der Waals surface area contributed by atoms with E-state index in [-0.39, 0.29) is 92.1 Å². The lowest BCUT2D eigenvalue weighted by molar-refractivity contribution is -0.434. The number of methoxy groups -OCH3 is 1. The first kappa shape index (κ1) is 38.8. The van der Waals surface area contributed by atoms with Crippen molar-refractivity contribution < 1.29 is 64.7 Å². The van der Waals surface area contributed by atoms with Gasteiger partial charge < -0.3 is 15.2 Å². The van der Waals surface area contributed by atoms with Crippen molar-refractivity contribution >= 4 is 89.7 Å². The van der Waals surface area contributed by atoms with E-state index in [2.05, 4.69) is 49.2 Å². The van der Waals surface area contributed by atoms with Crippen LogP contribution in [0.15, 0.2) is 61.3 Å². The van der Waals surface area contributed by atoms with Gasteiger partial charge in [-0.05, 0) is 48.0 Å². The number of nitriles is 1. The summed E-state index contributed by atoms with van der Waals surface area (Å²) in [5.74, 6) is -1.51. The summed E-state index contributed by atoms with van der Waals surface area (Å²) in [6, 6.07) is 8.93. The van der Waals surface area contributed by atoms with Gasteiger partial charge in [-0.15, -0.1) is 18.9 Å². The number of nitrogens with zero attached hydrogens (tertiary/aromatic N) is 6. The van der Waals surface area contributed by atoms with Crippen molar-refractivity contribution in [2.45, 2.75) is 21.1 Å². The zero-order valence-electron chi connectivity index (χ0n) is 24.7. The van der Waals surface area contributed by atoms with Crippen molar-refractivity contribution in [2.75, 3.05) is 24.8 Å². The van der Waals surface area contributed by atoms with Gasteiger partial charge in [0.1, 0.15) is 27.8 Å². The van der Waals surface area contributed by atoms with Crippen molar-refractivity contribution in [1.29, 1.82) is 5.26 Å². The number of aromatic nitrogens is 3. The molecule has 5 N–H and O–H groups in total. The minimum absolute atomic E-state index is 0.0375. The van der Waals surface area contributed by atoms with Gasteiger partial charge in [0.15, 0.2) is 27.9 Å². The van der Waals surface area contributed by atoms with E-state index >= 15 is 0 Å². The number of anilines is 2. The SMILES string of the molecule is COc1ccc(S(=O)(=O)CCOSOOO)cc1N=Nc1c(SOOO)cc2c(S(=O)(=O)O)c(Nc3nc(Cl)nc(CC#N)n3)ccc2c1O. The molecule has 3 aromatic carbocycles. The van der Waals surface area contributed by atoms with Gasteiger partial charge in [0.05, 0.1) is 59.5 Å². The zero-order chi connectivity index (χ0) is 36.5. The van der Waals surface area contributed by atoms with E-state index in [1.165, 1.54) is 25.3 Å². The molecule has 0 saturated heterocycles. The molecule has 26 heteroatoms. The van der Waals surface area contributed by atoms with Crippen LogP contribution < -0.4 is 10.1 Å². The second-order valence-electron chi connectivity index (χ2n) is 9.00. The number of halogens is 1. The largest absolute Gasteiger partial charge is 0.505 e. The number of hydrogen-bond acceptors (Lipinski definition) is 22. The predicted molar refractivity (Wildman–Crippen MR) is 171 cm³/mol. The fourth-order valence-corrected chi connectivity index (χ4v) is 7.01. The van der Waals surface area contributed by atoms with Crippen LogP contribution in [0.25, 0.3) is 10.8 Å². The third-order valence-electron chi connectivity index (χ3n) is 6.04. The normalized spacial score (nSPS) is 12.0. The van der Waals surface area contributed by atoms with Crippen LogP contribution in [0, 0.1) is 11.3 Å². The average Bonchev–Trinajstić information content (AvgIpc) is 3.06. The average molecular weight is 794 g/mol. The van der Waals surface area contributed by atoms with Crippen LogP contribution >= 0.6 is 36.0 Å². The quantitative estimate of drug-likeness (QED) is 0.0233. The van der Waals surface area contributed by atoms with Crippen molar-refractivity contribution in [1.82, 2.24) is 15.0 Å². The Morgan fingerprint density at radius 3 is 2.46 bits per heavy atom. The molecule has 0 radical (unpaired) electrons. The summed E-state index contributed by atoms with van der Waals surface area (Å²) >= 11 is 6.34. The number of phenols is 1. The molecule has 0 bridgehead atoms. The summed E-state index contributed by atoms with van der Waals surface area (Å²) in [6.07, 6.45) is -0.253. The standard InChI is InChI=1S/C24H20ClN7O14S4/c1-41-17-5-2-12(49(36,37)9-8-42-48-46-44-35)10-16(17)31-32-20-18(47-45-43-34)11-14-13(21(20)33)3-4-15(22(14)50(38,39)40)27-24-29-19(6-7-26)28-23(25)30-24/h2-5,10-11,33-35H,6,8-9H2,1H3,(H,38,39,40)(H,27,28,29,30). The summed E-state index contributed by atoms with van der Waals surface area (Å²) < 4.78 is 79.9. The summed E-state index contributed by atoms with van der Waals surface area (Å²) in [4.78, 5) is 10.4. The van der Waals surface area contributed by atoms with Crippen LogP contribution in [0.1, 0.15) is 5.82 Å². The summed E-state index contributed by atoms with van der Waals surface area (Å²) in [5.41, 5.74) is -0.824. The maximum absolute atomic E-state index is 12.9. The Morgan fingerprint density at radius 1 is 1.02 bits per heavy atom. The van der Waals surface area contributed by atoms with E-state index in [9.17, 15) is 26.5 Å². The Bertz CT molecular complexity index is 2170. The number of sulfone groups is 1. The molecule has 0 aliphatic carbocycles. The Balaban J connectivity index is 1.82. The van der Waals surface area contributed by atoms with Gasteiger partial charge in [-0.1, -0.05) is 10.1 Å². The van der Waals surface area contributed by atoms with E-state index < -0.39 is 42.0 Å². The fourth-order valence-electron chi connectivity index (χ4n) is 4.07. The Kier molecular flexibility index (Phi) is 13.4. The molecule has 0 fully saturated rings. The highest BCUT2D eigenvalue weighted by atomic mass is 35.5. The molecule has 0 aliphatic heterocycles. The van der Waals surface area contributed by atoms with Crippen LogP contribution in [0.5, 0.6) is 11.5 Å². The Labute approximate surface area is 294 Å². The first-order chi connectivity index (χ1) is 23.8. The number of fused-ring (bicyclic) bond motifs is 1. The molecule has 0 saturated carbocycles. The first-order valence-corrected chi connectivity index (χ1v) is 17.8. The molecule has 0 aliphatic rings. The van der Waals surface area contributed by atoms with E-state index in [1.807, 2.05) is 6.07 Å². The molecule has 1 heterocycles. The molecule has 1 aromatic heterocycles. The minimum Gasteiger partial charge on any atom is -0.505 e. The fraction of sp³-hybridized carbons (Fsp3) is 0.167. The maximum atomic E-state index is 12.9. The minimum atomic E-state index is -5.09. The number of rotatable bonds is 17. The summed E-state index contributed by atoms with van der Waals surface area (Å²) in [5, 5.41) is 54.0. The highest BCUT2D eigenvalue weighted by molar-refractivity contribution is 7.94. The molecular formula is C24H20ClN7O14S4. The maximum Gasteiger partial charge on any atom is 0.297 e. The van der Waals surface area contributed by atoms with Gasteiger partial charge in [0.25, 0.3) is 10.1 Å². The van der Waals surface area contributed by atoms with Gasteiger partial charge >= 0.3 is 0 Å². The molecule has 4 aromatic rings. The van der Waals surface area contributed by atoms with Crippen LogP contribution in [0.4, 0.5) is 23.0 Å². The van der Waals surface area contributed by atoms with Crippen LogP contribution in [0.3, 0.4) is 0 Å². The lowest BCUT2D eigenvalue weighted by Crippen LogP contribution is -2.11. The number of phenolic OH excluding ortho intramolecular Hbond substituents is 1. The molecule has 50 heavy (non-hydrogen) atoms. The Hall–Kier alpha value is -4.01. The molecule has 0 amide bonds. The Morgan fingerprint density at radius 2 is 1.78 bits per heavy atom. The molecule has 4 rings (SSSR count). The third-order valence-corrected chi connectivity index (χ3v) is 9.84. The van der Waals surface area contributed by atoms with Crippen LogP contribution in [-0.2, 0) is 49.3 Å². The first-order valence-electron chi connectivity index (χ1n) is 12.9.